The van der Waals surface area contributed by atoms with Gasteiger partial charge in [-0.25, -0.2) is 4.99 Å². The van der Waals surface area contributed by atoms with Crippen molar-refractivity contribution in [1.29, 1.82) is 0 Å². The van der Waals surface area contributed by atoms with Gasteiger partial charge >= 0.3 is 0 Å². The zero-order chi connectivity index (χ0) is 23.0. The molecular formula is C26H34N6O. The minimum absolute atomic E-state index is 0.148. The molecule has 0 spiro atoms. The number of benzene rings is 2. The van der Waals surface area contributed by atoms with Crippen molar-refractivity contribution in [3.63, 3.8) is 0 Å². The topological polar surface area (TPSA) is 76.4 Å². The number of nitrogens with one attached hydrogen (secondary N) is 2. The third kappa shape index (κ3) is 6.34. The molecule has 0 unspecified atom stereocenters. The lowest BCUT2D eigenvalue weighted by molar-refractivity contribution is 0.242. The van der Waals surface area contributed by atoms with E-state index in [1.807, 2.05) is 38.1 Å². The number of rotatable bonds is 7. The number of aryl methyl sites for hydroxylation is 2. The molecule has 0 fully saturated rings. The zero-order valence-electron chi connectivity index (χ0n) is 19.8. The van der Waals surface area contributed by atoms with Gasteiger partial charge in [0.15, 0.2) is 11.8 Å². The van der Waals surface area contributed by atoms with E-state index in [9.17, 15) is 0 Å². The first-order valence-corrected chi connectivity index (χ1v) is 11.9. The van der Waals surface area contributed by atoms with E-state index in [0.29, 0.717) is 19.0 Å². The van der Waals surface area contributed by atoms with Crippen LogP contribution in [0.1, 0.15) is 55.9 Å². The van der Waals surface area contributed by atoms with Crippen molar-refractivity contribution >= 4 is 11.6 Å². The lowest BCUT2D eigenvalue weighted by Gasteiger charge is -2.15. The molecule has 0 saturated carbocycles. The van der Waals surface area contributed by atoms with Crippen molar-refractivity contribution in [2.45, 2.75) is 72.2 Å². The van der Waals surface area contributed by atoms with E-state index in [-0.39, 0.29) is 6.10 Å². The van der Waals surface area contributed by atoms with E-state index in [4.69, 9.17) is 9.73 Å². The fraction of sp³-hybridized carbons (Fsp3) is 0.423. The quantitative estimate of drug-likeness (QED) is 0.400. The lowest BCUT2D eigenvalue weighted by atomic mass is 10.1. The standard InChI is InChI=1S/C26H34N6O/c1-19(2)33-23-14-12-22(13-15-23)29-26(27-17-21-10-7-6-9-20(21)3)28-18-25-31-30-24-11-5-4-8-16-32(24)25/h6-7,9-10,12-15,19H,4-5,8,11,16-18H2,1-3H3,(H2,27,28,29). The Labute approximate surface area is 196 Å². The van der Waals surface area contributed by atoms with E-state index < -0.39 is 0 Å². The van der Waals surface area contributed by atoms with Gasteiger partial charge in [-0.15, -0.1) is 10.2 Å². The first-order chi connectivity index (χ1) is 16.1. The number of anilines is 1. The second-order valence-corrected chi connectivity index (χ2v) is 8.76. The van der Waals surface area contributed by atoms with Crippen LogP contribution >= 0.6 is 0 Å². The van der Waals surface area contributed by atoms with Crippen molar-refractivity contribution in [2.75, 3.05) is 5.32 Å². The first-order valence-electron chi connectivity index (χ1n) is 11.9. The van der Waals surface area contributed by atoms with Crippen LogP contribution in [0.2, 0.25) is 0 Å². The molecule has 0 radical (unpaired) electrons. The lowest BCUT2D eigenvalue weighted by Crippen LogP contribution is -2.31. The highest BCUT2D eigenvalue weighted by Crippen LogP contribution is 2.18. The first kappa shape index (κ1) is 22.8. The Bertz CT molecular complexity index is 1070. The Hall–Kier alpha value is -3.35. The van der Waals surface area contributed by atoms with Crippen LogP contribution in [-0.2, 0) is 26.1 Å². The van der Waals surface area contributed by atoms with Gasteiger partial charge in [0.2, 0.25) is 0 Å². The van der Waals surface area contributed by atoms with E-state index >= 15 is 0 Å². The maximum absolute atomic E-state index is 5.76. The molecule has 2 heterocycles. The average molecular weight is 447 g/mol. The molecule has 0 atom stereocenters. The molecular weight excluding hydrogens is 412 g/mol. The maximum Gasteiger partial charge on any atom is 0.196 e. The second-order valence-electron chi connectivity index (χ2n) is 8.76. The van der Waals surface area contributed by atoms with Crippen LogP contribution in [0.5, 0.6) is 5.75 Å². The molecule has 0 amide bonds. The van der Waals surface area contributed by atoms with Gasteiger partial charge in [0.1, 0.15) is 11.6 Å². The summed E-state index contributed by atoms with van der Waals surface area (Å²) in [7, 11) is 0. The van der Waals surface area contributed by atoms with Gasteiger partial charge in [-0.1, -0.05) is 30.7 Å². The Morgan fingerprint density at radius 2 is 1.88 bits per heavy atom. The molecule has 0 saturated heterocycles. The summed E-state index contributed by atoms with van der Waals surface area (Å²) in [5, 5.41) is 15.7. The van der Waals surface area contributed by atoms with Crippen molar-refractivity contribution in [2.24, 2.45) is 4.99 Å². The number of guanidine groups is 1. The highest BCUT2D eigenvalue weighted by Gasteiger charge is 2.15. The molecule has 33 heavy (non-hydrogen) atoms. The van der Waals surface area contributed by atoms with Gasteiger partial charge < -0.3 is 19.9 Å². The fourth-order valence-electron chi connectivity index (χ4n) is 3.96. The minimum Gasteiger partial charge on any atom is -0.491 e. The predicted molar refractivity (Wildman–Crippen MR) is 133 cm³/mol. The van der Waals surface area contributed by atoms with Gasteiger partial charge in [0, 0.05) is 18.7 Å². The molecule has 0 bridgehead atoms. The summed E-state index contributed by atoms with van der Waals surface area (Å²) >= 11 is 0. The highest BCUT2D eigenvalue weighted by molar-refractivity contribution is 5.93. The number of aromatic nitrogens is 3. The largest absolute Gasteiger partial charge is 0.491 e. The summed E-state index contributed by atoms with van der Waals surface area (Å²) < 4.78 is 8.02. The smallest absolute Gasteiger partial charge is 0.196 e. The van der Waals surface area contributed by atoms with E-state index in [1.54, 1.807) is 0 Å². The van der Waals surface area contributed by atoms with Crippen LogP contribution in [0.15, 0.2) is 53.5 Å². The molecule has 4 rings (SSSR count). The van der Waals surface area contributed by atoms with Gasteiger partial charge in [0.05, 0.1) is 19.2 Å². The molecule has 2 N–H and O–H groups in total. The molecule has 2 aromatic carbocycles. The summed E-state index contributed by atoms with van der Waals surface area (Å²) in [5.41, 5.74) is 3.39. The Morgan fingerprint density at radius 1 is 1.06 bits per heavy atom. The zero-order valence-corrected chi connectivity index (χ0v) is 19.8. The SMILES string of the molecule is Cc1ccccc1CN=C(NCc1nnc2n1CCCCC2)Nc1ccc(OC(C)C)cc1. The Balaban J connectivity index is 1.49. The predicted octanol–water partition coefficient (Wildman–Crippen LogP) is 4.86. The fourth-order valence-corrected chi connectivity index (χ4v) is 3.96. The second kappa shape index (κ2) is 11.0. The minimum atomic E-state index is 0.148. The molecule has 7 heteroatoms. The van der Waals surface area contributed by atoms with Crippen molar-refractivity contribution in [3.05, 3.63) is 71.3 Å². The molecule has 0 aliphatic carbocycles. The average Bonchev–Trinajstić information content (AvgIpc) is 3.03. The monoisotopic (exact) mass is 446 g/mol. The summed E-state index contributed by atoms with van der Waals surface area (Å²) in [5.74, 6) is 3.61. The van der Waals surface area contributed by atoms with Crippen molar-refractivity contribution in [1.82, 2.24) is 20.1 Å². The third-order valence-electron chi connectivity index (χ3n) is 5.76. The van der Waals surface area contributed by atoms with E-state index in [0.717, 1.165) is 36.1 Å². The number of ether oxygens (including phenoxy) is 1. The maximum atomic E-state index is 5.76. The number of hydrogen-bond donors (Lipinski definition) is 2. The number of aliphatic imine (C=N–C) groups is 1. The number of nitrogens with zero attached hydrogens (tertiary/aromatic N) is 4. The molecule has 3 aromatic rings. The van der Waals surface area contributed by atoms with Gasteiger partial charge in [0.25, 0.3) is 0 Å². The summed E-state index contributed by atoms with van der Waals surface area (Å²) in [6.07, 6.45) is 4.76. The third-order valence-corrected chi connectivity index (χ3v) is 5.76. The van der Waals surface area contributed by atoms with Crippen LogP contribution in [0.3, 0.4) is 0 Å². The molecule has 1 aliphatic rings. The molecule has 1 aromatic heterocycles. The van der Waals surface area contributed by atoms with Gasteiger partial charge in [-0.2, -0.15) is 0 Å². The van der Waals surface area contributed by atoms with Crippen LogP contribution in [-0.4, -0.2) is 26.8 Å². The van der Waals surface area contributed by atoms with Crippen LogP contribution in [0, 0.1) is 6.92 Å². The van der Waals surface area contributed by atoms with E-state index in [1.165, 1.54) is 30.4 Å². The van der Waals surface area contributed by atoms with Gasteiger partial charge in [-0.3, -0.25) is 0 Å². The van der Waals surface area contributed by atoms with Crippen LogP contribution in [0.4, 0.5) is 5.69 Å². The number of fused-ring (bicyclic) bond motifs is 1. The summed E-state index contributed by atoms with van der Waals surface area (Å²) in [4.78, 5) is 4.86. The van der Waals surface area contributed by atoms with Gasteiger partial charge in [-0.05, 0) is 69.0 Å². The Morgan fingerprint density at radius 3 is 2.67 bits per heavy atom. The summed E-state index contributed by atoms with van der Waals surface area (Å²) in [6.45, 7) is 8.31. The highest BCUT2D eigenvalue weighted by atomic mass is 16.5. The molecule has 174 valence electrons. The molecule has 7 nitrogen and oxygen atoms in total. The number of hydrogen-bond acceptors (Lipinski definition) is 4. The van der Waals surface area contributed by atoms with Crippen molar-refractivity contribution in [3.8, 4) is 5.75 Å². The molecule has 1 aliphatic heterocycles. The van der Waals surface area contributed by atoms with Crippen LogP contribution in [0.25, 0.3) is 0 Å². The summed E-state index contributed by atoms with van der Waals surface area (Å²) in [6, 6.07) is 16.3. The normalized spacial score (nSPS) is 14.0. The van der Waals surface area contributed by atoms with E-state index in [2.05, 4.69) is 56.6 Å². The van der Waals surface area contributed by atoms with Crippen LogP contribution < -0.4 is 15.4 Å². The Kier molecular flexibility index (Phi) is 7.60. The van der Waals surface area contributed by atoms with Crippen molar-refractivity contribution < 1.29 is 4.74 Å².